The highest BCUT2D eigenvalue weighted by Crippen LogP contribution is 2.35. The van der Waals surface area contributed by atoms with E-state index in [-0.39, 0.29) is 11.5 Å². The average Bonchev–Trinajstić information content (AvgIpc) is 2.45. The lowest BCUT2D eigenvalue weighted by molar-refractivity contribution is 0.407. The molecule has 2 rings (SSSR count). The molecule has 0 saturated heterocycles. The van der Waals surface area contributed by atoms with Gasteiger partial charge in [0.25, 0.3) is 0 Å². The van der Waals surface area contributed by atoms with Crippen LogP contribution in [0.1, 0.15) is 43.5 Å². The smallest absolute Gasteiger partial charge is 0.124 e. The number of methoxy groups -OCH3 is 1. The number of hydrogen-bond acceptors (Lipinski definition) is 2. The summed E-state index contributed by atoms with van der Waals surface area (Å²) in [5.41, 5.74) is 10.0. The third kappa shape index (κ3) is 3.47. The quantitative estimate of drug-likeness (QED) is 0.864. The molecule has 0 bridgehead atoms. The second-order valence-electron chi connectivity index (χ2n) is 6.20. The van der Waals surface area contributed by atoms with Crippen molar-refractivity contribution in [3.63, 3.8) is 0 Å². The van der Waals surface area contributed by atoms with E-state index in [1.54, 1.807) is 7.11 Å². The van der Waals surface area contributed by atoms with Crippen LogP contribution in [0.25, 0.3) is 0 Å². The second-order valence-corrected chi connectivity index (χ2v) is 7.12. The summed E-state index contributed by atoms with van der Waals surface area (Å²) in [5, 5.41) is 0. The van der Waals surface area contributed by atoms with Crippen LogP contribution in [0.3, 0.4) is 0 Å². The predicted molar refractivity (Wildman–Crippen MR) is 91.9 cm³/mol. The molecule has 0 radical (unpaired) electrons. The summed E-state index contributed by atoms with van der Waals surface area (Å²) in [6.45, 7) is 6.62. The van der Waals surface area contributed by atoms with Crippen LogP contribution in [-0.4, -0.2) is 7.11 Å². The molecular weight excluding hydrogens is 326 g/mol. The van der Waals surface area contributed by atoms with Gasteiger partial charge in [-0.2, -0.15) is 0 Å². The first-order chi connectivity index (χ1) is 9.84. The Kier molecular flexibility index (Phi) is 4.74. The minimum Gasteiger partial charge on any atom is -0.496 e. The summed E-state index contributed by atoms with van der Waals surface area (Å²) in [5.74, 6) is 0.814. The minimum atomic E-state index is -0.215. The van der Waals surface area contributed by atoms with Crippen molar-refractivity contribution < 1.29 is 4.74 Å². The summed E-state index contributed by atoms with van der Waals surface area (Å²) >= 11 is 3.51. The molecule has 112 valence electrons. The highest BCUT2D eigenvalue weighted by molar-refractivity contribution is 9.10. The van der Waals surface area contributed by atoms with Crippen molar-refractivity contribution >= 4 is 15.9 Å². The Hall–Kier alpha value is -1.32. The van der Waals surface area contributed by atoms with Gasteiger partial charge in [-0.1, -0.05) is 61.0 Å². The van der Waals surface area contributed by atoms with Crippen LogP contribution in [0.4, 0.5) is 0 Å². The molecule has 0 aliphatic carbocycles. The number of nitrogens with two attached hydrogens (primary N) is 1. The number of rotatable bonds is 3. The first-order valence-corrected chi connectivity index (χ1v) is 7.82. The number of benzene rings is 2. The fourth-order valence-corrected chi connectivity index (χ4v) is 2.95. The summed E-state index contributed by atoms with van der Waals surface area (Å²) in [7, 11) is 1.68. The van der Waals surface area contributed by atoms with Gasteiger partial charge in [-0.05, 0) is 34.7 Å². The van der Waals surface area contributed by atoms with Crippen LogP contribution in [0.5, 0.6) is 5.75 Å². The first-order valence-electron chi connectivity index (χ1n) is 7.03. The summed E-state index contributed by atoms with van der Waals surface area (Å²) in [4.78, 5) is 0. The third-order valence-corrected chi connectivity index (χ3v) is 4.12. The van der Waals surface area contributed by atoms with Gasteiger partial charge in [0, 0.05) is 10.0 Å². The van der Waals surface area contributed by atoms with Crippen molar-refractivity contribution in [3.8, 4) is 5.75 Å². The zero-order valence-corrected chi connectivity index (χ0v) is 14.6. The van der Waals surface area contributed by atoms with Crippen LogP contribution in [0.2, 0.25) is 0 Å². The Labute approximate surface area is 135 Å². The maximum atomic E-state index is 6.56. The third-order valence-electron chi connectivity index (χ3n) is 3.63. The molecule has 1 atom stereocenters. The highest BCUT2D eigenvalue weighted by Gasteiger charge is 2.23. The lowest BCUT2D eigenvalue weighted by Crippen LogP contribution is -2.21. The SMILES string of the molecule is COc1ccc(Br)cc1C(N)c1ccccc1C(C)(C)C. The molecule has 1 unspecified atom stereocenters. The van der Waals surface area contributed by atoms with Crippen molar-refractivity contribution in [1.29, 1.82) is 0 Å². The lowest BCUT2D eigenvalue weighted by Gasteiger charge is -2.26. The fourth-order valence-electron chi connectivity index (χ4n) is 2.57. The molecule has 0 aromatic heterocycles. The van der Waals surface area contributed by atoms with Crippen LogP contribution >= 0.6 is 15.9 Å². The van der Waals surface area contributed by atoms with Crippen molar-refractivity contribution in [3.05, 3.63) is 63.6 Å². The van der Waals surface area contributed by atoms with Gasteiger partial charge in [0.05, 0.1) is 13.2 Å². The predicted octanol–water partition coefficient (Wildman–Crippen LogP) is 4.80. The number of hydrogen-bond donors (Lipinski definition) is 1. The van der Waals surface area contributed by atoms with Crippen LogP contribution in [0, 0.1) is 0 Å². The van der Waals surface area contributed by atoms with E-state index in [2.05, 4.69) is 54.9 Å². The van der Waals surface area contributed by atoms with Crippen LogP contribution in [-0.2, 0) is 5.41 Å². The lowest BCUT2D eigenvalue weighted by atomic mass is 9.80. The maximum Gasteiger partial charge on any atom is 0.124 e. The summed E-state index contributed by atoms with van der Waals surface area (Å²) in [6.07, 6.45) is 0. The number of ether oxygens (including phenoxy) is 1. The van der Waals surface area contributed by atoms with E-state index in [0.717, 1.165) is 21.3 Å². The Balaban J connectivity index is 2.56. The van der Waals surface area contributed by atoms with Gasteiger partial charge in [-0.3, -0.25) is 0 Å². The molecule has 0 heterocycles. The van der Waals surface area contributed by atoms with E-state index >= 15 is 0 Å². The van der Waals surface area contributed by atoms with Gasteiger partial charge in [0.1, 0.15) is 5.75 Å². The molecule has 3 heteroatoms. The van der Waals surface area contributed by atoms with Crippen LogP contribution < -0.4 is 10.5 Å². The Morgan fingerprint density at radius 3 is 2.33 bits per heavy atom. The van der Waals surface area contributed by atoms with Gasteiger partial charge in [0.15, 0.2) is 0 Å². The molecule has 2 aromatic carbocycles. The summed E-state index contributed by atoms with van der Waals surface area (Å²) < 4.78 is 6.47. The van der Waals surface area contributed by atoms with E-state index in [1.165, 1.54) is 5.56 Å². The van der Waals surface area contributed by atoms with Gasteiger partial charge in [-0.25, -0.2) is 0 Å². The standard InChI is InChI=1S/C18H22BrNO/c1-18(2,3)15-8-6-5-7-13(15)17(20)14-11-12(19)9-10-16(14)21-4/h5-11,17H,20H2,1-4H3. The zero-order valence-electron chi connectivity index (χ0n) is 13.0. The molecule has 0 aliphatic rings. The largest absolute Gasteiger partial charge is 0.496 e. The normalized spacial score (nSPS) is 13.0. The molecule has 0 saturated carbocycles. The van der Waals surface area contributed by atoms with E-state index in [1.807, 2.05) is 24.3 Å². The minimum absolute atomic E-state index is 0.0491. The molecule has 21 heavy (non-hydrogen) atoms. The van der Waals surface area contributed by atoms with Gasteiger partial charge in [-0.15, -0.1) is 0 Å². The first kappa shape index (κ1) is 16.1. The molecule has 0 amide bonds. The maximum absolute atomic E-state index is 6.56. The van der Waals surface area contributed by atoms with Gasteiger partial charge < -0.3 is 10.5 Å². The highest BCUT2D eigenvalue weighted by atomic mass is 79.9. The van der Waals surface area contributed by atoms with Gasteiger partial charge >= 0.3 is 0 Å². The molecule has 2 nitrogen and oxygen atoms in total. The van der Waals surface area contributed by atoms with E-state index in [9.17, 15) is 0 Å². The average molecular weight is 348 g/mol. The molecule has 2 N–H and O–H groups in total. The zero-order chi connectivity index (χ0) is 15.6. The van der Waals surface area contributed by atoms with Crippen molar-refractivity contribution in [2.24, 2.45) is 5.73 Å². The van der Waals surface area contributed by atoms with Gasteiger partial charge in [0.2, 0.25) is 0 Å². The Morgan fingerprint density at radius 1 is 1.05 bits per heavy atom. The van der Waals surface area contributed by atoms with Crippen molar-refractivity contribution in [1.82, 2.24) is 0 Å². The summed E-state index contributed by atoms with van der Waals surface area (Å²) in [6, 6.07) is 14.1. The van der Waals surface area contributed by atoms with E-state index in [0.29, 0.717) is 0 Å². The molecular formula is C18H22BrNO. The monoisotopic (exact) mass is 347 g/mol. The fraction of sp³-hybridized carbons (Fsp3) is 0.333. The van der Waals surface area contributed by atoms with E-state index < -0.39 is 0 Å². The van der Waals surface area contributed by atoms with Crippen molar-refractivity contribution in [2.45, 2.75) is 32.2 Å². The molecule has 0 fully saturated rings. The second kappa shape index (κ2) is 6.20. The van der Waals surface area contributed by atoms with E-state index in [4.69, 9.17) is 10.5 Å². The number of halogens is 1. The molecule has 0 aliphatic heterocycles. The van der Waals surface area contributed by atoms with Crippen molar-refractivity contribution in [2.75, 3.05) is 7.11 Å². The topological polar surface area (TPSA) is 35.2 Å². The Bertz CT molecular complexity index is 631. The molecule has 0 spiro atoms. The molecule has 2 aromatic rings. The Morgan fingerprint density at radius 2 is 1.71 bits per heavy atom. The van der Waals surface area contributed by atoms with Crippen LogP contribution in [0.15, 0.2) is 46.9 Å².